The quantitative estimate of drug-likeness (QED) is 0.445. The molecule has 3 heterocycles. The second-order valence-corrected chi connectivity index (χ2v) is 11.2. The fourth-order valence-electron chi connectivity index (χ4n) is 4.05. The summed E-state index contributed by atoms with van der Waals surface area (Å²) in [5, 5.41) is 0.312. The van der Waals surface area contributed by atoms with Crippen LogP contribution in [0.1, 0.15) is 38.7 Å². The van der Waals surface area contributed by atoms with E-state index in [1.807, 2.05) is 12.4 Å². The first-order chi connectivity index (χ1) is 16.8. The highest BCUT2D eigenvalue weighted by Gasteiger charge is 2.23. The molecular formula is C25H29ClN4O4S. The number of ether oxygens (including phenoxy) is 1. The molecule has 3 aromatic rings. The number of aryl methyl sites for hydroxylation is 1. The Balaban J connectivity index is 1.41. The maximum absolute atomic E-state index is 12.8. The molecule has 10 heteroatoms. The number of benzene rings is 1. The second-order valence-electron chi connectivity index (χ2n) is 8.54. The van der Waals surface area contributed by atoms with Gasteiger partial charge < -0.3 is 9.64 Å². The van der Waals surface area contributed by atoms with Crippen LogP contribution in [0.5, 0.6) is 5.75 Å². The fraction of sp³-hybridized carbons (Fsp3) is 0.400. The van der Waals surface area contributed by atoms with Gasteiger partial charge in [-0.2, -0.15) is 0 Å². The minimum Gasteiger partial charge on any atom is -0.488 e. The molecule has 0 spiro atoms. The zero-order valence-electron chi connectivity index (χ0n) is 19.9. The Morgan fingerprint density at radius 1 is 1.09 bits per heavy atom. The van der Waals surface area contributed by atoms with Crippen molar-refractivity contribution in [1.82, 2.24) is 14.5 Å². The zero-order chi connectivity index (χ0) is 25.0. The van der Waals surface area contributed by atoms with Crippen molar-refractivity contribution in [3.8, 4) is 11.4 Å². The number of nitrogens with zero attached hydrogens (tertiary/aromatic N) is 4. The Bertz CT molecular complexity index is 1320. The maximum atomic E-state index is 12.8. The van der Waals surface area contributed by atoms with Gasteiger partial charge >= 0.3 is 0 Å². The van der Waals surface area contributed by atoms with Crippen molar-refractivity contribution in [3.63, 3.8) is 0 Å². The molecule has 1 aliphatic rings. The summed E-state index contributed by atoms with van der Waals surface area (Å²) in [6.45, 7) is 5.22. The SMILES string of the molecule is CCCc1cnc(N2CCC(Oc3cc(=O)n(-c4ccc(S(=O)(=O)CC)cc4)cc3Cl)CC2)nc1. The first kappa shape index (κ1) is 25.2. The molecule has 0 saturated carbocycles. The van der Waals surface area contributed by atoms with Crippen molar-refractivity contribution in [2.75, 3.05) is 23.7 Å². The highest BCUT2D eigenvalue weighted by Crippen LogP contribution is 2.27. The van der Waals surface area contributed by atoms with Gasteiger partial charge in [-0.25, -0.2) is 18.4 Å². The molecule has 1 aliphatic heterocycles. The van der Waals surface area contributed by atoms with Crippen molar-refractivity contribution in [3.05, 3.63) is 69.9 Å². The standard InChI is InChI=1S/C25H29ClN4O4S/c1-3-5-18-15-27-25(28-16-18)29-12-10-20(11-13-29)34-23-14-24(31)30(17-22(23)26)19-6-8-21(9-7-19)35(32,33)4-2/h6-9,14-17,20H,3-5,10-13H2,1-2H3. The van der Waals surface area contributed by atoms with E-state index >= 15 is 0 Å². The lowest BCUT2D eigenvalue weighted by Crippen LogP contribution is -2.39. The molecule has 35 heavy (non-hydrogen) atoms. The van der Waals surface area contributed by atoms with E-state index in [0.29, 0.717) is 16.5 Å². The Morgan fingerprint density at radius 3 is 2.34 bits per heavy atom. The van der Waals surface area contributed by atoms with E-state index < -0.39 is 9.84 Å². The van der Waals surface area contributed by atoms with Gasteiger partial charge in [-0.1, -0.05) is 31.9 Å². The van der Waals surface area contributed by atoms with Crippen LogP contribution in [0.4, 0.5) is 5.95 Å². The predicted octanol–water partition coefficient (Wildman–Crippen LogP) is 4.07. The number of sulfone groups is 1. The summed E-state index contributed by atoms with van der Waals surface area (Å²) in [5.41, 5.74) is 1.35. The summed E-state index contributed by atoms with van der Waals surface area (Å²) in [5.74, 6) is 1.08. The molecule has 0 N–H and O–H groups in total. The van der Waals surface area contributed by atoms with Crippen molar-refractivity contribution in [2.45, 2.75) is 50.5 Å². The third kappa shape index (κ3) is 5.85. The van der Waals surface area contributed by atoms with Gasteiger partial charge in [-0.3, -0.25) is 9.36 Å². The molecule has 1 aromatic carbocycles. The average Bonchev–Trinajstić information content (AvgIpc) is 2.87. The van der Waals surface area contributed by atoms with E-state index in [1.54, 1.807) is 19.1 Å². The summed E-state index contributed by atoms with van der Waals surface area (Å²) in [6.07, 6.45) is 8.76. The predicted molar refractivity (Wildman–Crippen MR) is 137 cm³/mol. The second kappa shape index (κ2) is 10.8. The topological polar surface area (TPSA) is 94.4 Å². The minimum atomic E-state index is -3.31. The lowest BCUT2D eigenvalue weighted by atomic mass is 10.1. The van der Waals surface area contributed by atoms with Crippen molar-refractivity contribution in [2.24, 2.45) is 0 Å². The van der Waals surface area contributed by atoms with Crippen LogP contribution in [0.15, 0.2) is 58.6 Å². The maximum Gasteiger partial charge on any atom is 0.258 e. The van der Waals surface area contributed by atoms with E-state index in [9.17, 15) is 13.2 Å². The van der Waals surface area contributed by atoms with Gasteiger partial charge in [-0.15, -0.1) is 0 Å². The number of halogens is 1. The Morgan fingerprint density at radius 2 is 1.74 bits per heavy atom. The lowest BCUT2D eigenvalue weighted by molar-refractivity contribution is 0.170. The molecule has 0 aliphatic carbocycles. The van der Waals surface area contributed by atoms with Crippen LogP contribution in [-0.4, -0.2) is 47.9 Å². The van der Waals surface area contributed by atoms with E-state index in [1.165, 1.54) is 29.0 Å². The van der Waals surface area contributed by atoms with Crippen molar-refractivity contribution in [1.29, 1.82) is 0 Å². The number of aromatic nitrogens is 3. The largest absolute Gasteiger partial charge is 0.488 e. The number of piperidine rings is 1. The van der Waals surface area contributed by atoms with Gasteiger partial charge in [0.15, 0.2) is 9.84 Å². The van der Waals surface area contributed by atoms with Crippen LogP contribution < -0.4 is 15.2 Å². The Hall–Kier alpha value is -2.91. The van der Waals surface area contributed by atoms with Gasteiger partial charge in [0.05, 0.1) is 15.7 Å². The number of hydrogen-bond donors (Lipinski definition) is 0. The van der Waals surface area contributed by atoms with Crippen LogP contribution in [-0.2, 0) is 16.3 Å². The highest BCUT2D eigenvalue weighted by molar-refractivity contribution is 7.91. The summed E-state index contributed by atoms with van der Waals surface area (Å²) >= 11 is 6.45. The first-order valence-electron chi connectivity index (χ1n) is 11.8. The molecule has 1 fully saturated rings. The van der Waals surface area contributed by atoms with E-state index in [0.717, 1.165) is 50.3 Å². The van der Waals surface area contributed by atoms with Gasteiger partial charge in [0.25, 0.3) is 5.56 Å². The van der Waals surface area contributed by atoms with Crippen LogP contribution in [0, 0.1) is 0 Å². The van der Waals surface area contributed by atoms with Gasteiger partial charge in [0, 0.05) is 56.3 Å². The third-order valence-corrected chi connectivity index (χ3v) is 8.11. The minimum absolute atomic E-state index is 0.0152. The van der Waals surface area contributed by atoms with E-state index in [-0.39, 0.29) is 22.3 Å². The molecule has 2 aromatic heterocycles. The van der Waals surface area contributed by atoms with E-state index in [4.69, 9.17) is 16.3 Å². The van der Waals surface area contributed by atoms with Gasteiger partial charge in [-0.05, 0) is 36.2 Å². The molecule has 186 valence electrons. The van der Waals surface area contributed by atoms with Gasteiger partial charge in [0.2, 0.25) is 5.95 Å². The lowest BCUT2D eigenvalue weighted by Gasteiger charge is -2.32. The van der Waals surface area contributed by atoms with Crippen LogP contribution >= 0.6 is 11.6 Å². The molecule has 0 unspecified atom stereocenters. The third-order valence-electron chi connectivity index (χ3n) is 6.07. The fourth-order valence-corrected chi connectivity index (χ4v) is 5.13. The summed E-state index contributed by atoms with van der Waals surface area (Å²) in [4.78, 5) is 24.1. The van der Waals surface area contributed by atoms with Crippen molar-refractivity contribution < 1.29 is 13.2 Å². The first-order valence-corrected chi connectivity index (χ1v) is 13.8. The molecule has 0 amide bonds. The number of pyridine rings is 1. The summed E-state index contributed by atoms with van der Waals surface area (Å²) in [6, 6.07) is 7.54. The normalized spacial score (nSPS) is 14.8. The molecule has 8 nitrogen and oxygen atoms in total. The molecule has 1 saturated heterocycles. The Kier molecular flexibility index (Phi) is 7.76. The number of hydrogen-bond acceptors (Lipinski definition) is 7. The van der Waals surface area contributed by atoms with Crippen molar-refractivity contribution >= 4 is 27.4 Å². The van der Waals surface area contributed by atoms with Crippen LogP contribution in [0.25, 0.3) is 5.69 Å². The Labute approximate surface area is 210 Å². The molecular weight excluding hydrogens is 488 g/mol. The number of rotatable bonds is 8. The van der Waals surface area contributed by atoms with E-state index in [2.05, 4.69) is 21.8 Å². The zero-order valence-corrected chi connectivity index (χ0v) is 21.4. The van der Waals surface area contributed by atoms with Crippen LogP contribution in [0.2, 0.25) is 5.02 Å². The summed E-state index contributed by atoms with van der Waals surface area (Å²) < 4.78 is 31.5. The van der Waals surface area contributed by atoms with Gasteiger partial charge in [0.1, 0.15) is 11.9 Å². The summed E-state index contributed by atoms with van der Waals surface area (Å²) in [7, 11) is -3.31. The molecule has 4 rings (SSSR count). The monoisotopic (exact) mass is 516 g/mol. The van der Waals surface area contributed by atoms with Crippen LogP contribution in [0.3, 0.4) is 0 Å². The molecule has 0 atom stereocenters. The average molecular weight is 517 g/mol. The smallest absolute Gasteiger partial charge is 0.258 e. The molecule has 0 bridgehead atoms. The molecule has 0 radical (unpaired) electrons. The highest BCUT2D eigenvalue weighted by atomic mass is 35.5. The number of anilines is 1.